The summed E-state index contributed by atoms with van der Waals surface area (Å²) in [5.41, 5.74) is 1.74. The number of carbonyl (C=O) groups excluding carboxylic acids is 1. The van der Waals surface area contributed by atoms with Gasteiger partial charge in [0.05, 0.1) is 4.90 Å². The van der Waals surface area contributed by atoms with E-state index in [1.807, 2.05) is 32.9 Å². The van der Waals surface area contributed by atoms with Crippen LogP contribution in [0.25, 0.3) is 0 Å². The summed E-state index contributed by atoms with van der Waals surface area (Å²) in [6.07, 6.45) is 6.87. The summed E-state index contributed by atoms with van der Waals surface area (Å²) in [5.74, 6) is 0.412. The second kappa shape index (κ2) is 8.22. The Bertz CT molecular complexity index is 733. The minimum Gasteiger partial charge on any atom is -0.296 e. The van der Waals surface area contributed by atoms with E-state index in [4.69, 9.17) is 4.18 Å². The molecule has 0 aliphatic heterocycles. The van der Waals surface area contributed by atoms with E-state index >= 15 is 0 Å². The van der Waals surface area contributed by atoms with Crippen molar-refractivity contribution >= 4 is 15.9 Å². The lowest BCUT2D eigenvalue weighted by molar-refractivity contribution is -0.130. The van der Waals surface area contributed by atoms with E-state index in [2.05, 4.69) is 0 Å². The number of aryl methyl sites for hydroxylation is 3. The molecule has 146 valence electrons. The van der Waals surface area contributed by atoms with Gasteiger partial charge in [-0.2, -0.15) is 8.42 Å². The Kier molecular flexibility index (Phi) is 6.67. The van der Waals surface area contributed by atoms with Gasteiger partial charge in [0.25, 0.3) is 10.1 Å². The summed E-state index contributed by atoms with van der Waals surface area (Å²) >= 11 is 0. The van der Waals surface area contributed by atoms with E-state index in [0.29, 0.717) is 17.0 Å². The fraction of sp³-hybridized carbons (Fsp3) is 0.667. The Morgan fingerprint density at radius 3 is 2.15 bits per heavy atom. The maximum absolute atomic E-state index is 12.7. The standard InChI is InChI=1S/C21H32O4S/c1-15-11-16(2)20(17(3)12-15)26(23,24)25-14-19(22)21(4,5)13-18-9-7-6-8-10-18/h11-12,18H,6-10,13-14H2,1-5H3. The topological polar surface area (TPSA) is 60.4 Å². The predicted molar refractivity (Wildman–Crippen MR) is 104 cm³/mol. The van der Waals surface area contributed by atoms with Gasteiger partial charge in [0.15, 0.2) is 5.78 Å². The van der Waals surface area contributed by atoms with Crippen LogP contribution in [0.5, 0.6) is 0 Å². The zero-order valence-corrected chi connectivity index (χ0v) is 17.5. The molecular weight excluding hydrogens is 348 g/mol. The normalized spacial score (nSPS) is 16.7. The molecule has 1 aliphatic carbocycles. The molecule has 0 amide bonds. The van der Waals surface area contributed by atoms with Crippen LogP contribution in [0.1, 0.15) is 69.1 Å². The summed E-state index contributed by atoms with van der Waals surface area (Å²) < 4.78 is 30.4. The second-order valence-corrected chi connectivity index (χ2v) is 10.0. The van der Waals surface area contributed by atoms with E-state index in [1.165, 1.54) is 19.3 Å². The summed E-state index contributed by atoms with van der Waals surface area (Å²) in [4.78, 5) is 12.8. The first-order valence-corrected chi connectivity index (χ1v) is 10.9. The van der Waals surface area contributed by atoms with Crippen molar-refractivity contribution in [2.24, 2.45) is 11.3 Å². The Morgan fingerprint density at radius 1 is 1.08 bits per heavy atom. The molecule has 4 nitrogen and oxygen atoms in total. The molecule has 0 saturated heterocycles. The number of Topliss-reactive ketones (excluding diaryl/α,β-unsaturated/α-hetero) is 1. The predicted octanol–water partition coefficient (Wildman–Crippen LogP) is 4.88. The van der Waals surface area contributed by atoms with Crippen LogP contribution in [0.15, 0.2) is 17.0 Å². The van der Waals surface area contributed by atoms with E-state index < -0.39 is 22.1 Å². The zero-order valence-electron chi connectivity index (χ0n) is 16.7. The van der Waals surface area contributed by atoms with Crippen LogP contribution in [0.4, 0.5) is 0 Å². The van der Waals surface area contributed by atoms with E-state index in [9.17, 15) is 13.2 Å². The minimum atomic E-state index is -3.95. The van der Waals surface area contributed by atoms with Crippen molar-refractivity contribution in [3.63, 3.8) is 0 Å². The van der Waals surface area contributed by atoms with Crippen LogP contribution in [0.2, 0.25) is 0 Å². The van der Waals surface area contributed by atoms with Crippen LogP contribution < -0.4 is 0 Å². The molecule has 1 fully saturated rings. The van der Waals surface area contributed by atoms with E-state index in [-0.39, 0.29) is 10.7 Å². The summed E-state index contributed by atoms with van der Waals surface area (Å²) in [6.45, 7) is 8.85. The smallest absolute Gasteiger partial charge is 0.296 e. The molecule has 0 N–H and O–H groups in total. The van der Waals surface area contributed by atoms with Gasteiger partial charge in [-0.15, -0.1) is 0 Å². The third kappa shape index (κ3) is 5.17. The van der Waals surface area contributed by atoms with Crippen LogP contribution in [0, 0.1) is 32.1 Å². The highest BCUT2D eigenvalue weighted by Crippen LogP contribution is 2.35. The molecule has 1 aromatic carbocycles. The highest BCUT2D eigenvalue weighted by atomic mass is 32.2. The van der Waals surface area contributed by atoms with Crippen molar-refractivity contribution in [1.82, 2.24) is 0 Å². The Labute approximate surface area is 158 Å². The molecule has 1 aromatic rings. The lowest BCUT2D eigenvalue weighted by Crippen LogP contribution is -2.32. The lowest BCUT2D eigenvalue weighted by Gasteiger charge is -2.30. The van der Waals surface area contributed by atoms with Gasteiger partial charge in [0.2, 0.25) is 0 Å². The molecular formula is C21H32O4S. The number of hydrogen-bond acceptors (Lipinski definition) is 4. The van der Waals surface area contributed by atoms with Crippen molar-refractivity contribution in [3.05, 3.63) is 28.8 Å². The van der Waals surface area contributed by atoms with E-state index in [0.717, 1.165) is 24.8 Å². The van der Waals surface area contributed by atoms with Crippen molar-refractivity contribution in [1.29, 1.82) is 0 Å². The van der Waals surface area contributed by atoms with Gasteiger partial charge in [0.1, 0.15) is 6.61 Å². The van der Waals surface area contributed by atoms with Crippen molar-refractivity contribution < 1.29 is 17.4 Å². The van der Waals surface area contributed by atoms with Crippen molar-refractivity contribution in [2.75, 3.05) is 6.61 Å². The molecule has 2 rings (SSSR count). The molecule has 1 aliphatic rings. The minimum absolute atomic E-state index is 0.144. The van der Waals surface area contributed by atoms with Crippen LogP contribution in [-0.2, 0) is 19.1 Å². The van der Waals surface area contributed by atoms with Crippen molar-refractivity contribution in [2.45, 2.75) is 78.0 Å². The highest BCUT2D eigenvalue weighted by Gasteiger charge is 2.33. The summed E-state index contributed by atoms with van der Waals surface area (Å²) in [5, 5.41) is 0. The number of ketones is 1. The molecule has 1 saturated carbocycles. The molecule has 0 unspecified atom stereocenters. The third-order valence-corrected chi connectivity index (χ3v) is 7.05. The number of rotatable bonds is 7. The van der Waals surface area contributed by atoms with E-state index in [1.54, 1.807) is 13.8 Å². The van der Waals surface area contributed by atoms with Crippen LogP contribution in [-0.4, -0.2) is 20.8 Å². The molecule has 0 heterocycles. The largest absolute Gasteiger partial charge is 0.297 e. The van der Waals surface area contributed by atoms with Gasteiger partial charge in [0, 0.05) is 5.41 Å². The maximum Gasteiger partial charge on any atom is 0.297 e. The van der Waals surface area contributed by atoms with Crippen molar-refractivity contribution in [3.8, 4) is 0 Å². The zero-order chi connectivity index (χ0) is 19.5. The first kappa shape index (κ1) is 21.1. The fourth-order valence-electron chi connectivity index (χ4n) is 4.17. The molecule has 5 heteroatoms. The van der Waals surface area contributed by atoms with Gasteiger partial charge in [-0.25, -0.2) is 0 Å². The molecule has 26 heavy (non-hydrogen) atoms. The Morgan fingerprint density at radius 2 is 1.62 bits per heavy atom. The fourth-order valence-corrected chi connectivity index (χ4v) is 5.46. The van der Waals surface area contributed by atoms with Gasteiger partial charge in [-0.3, -0.25) is 8.98 Å². The molecule has 0 radical (unpaired) electrons. The molecule has 0 atom stereocenters. The maximum atomic E-state index is 12.7. The SMILES string of the molecule is Cc1cc(C)c(S(=O)(=O)OCC(=O)C(C)(C)CC2CCCCC2)c(C)c1. The average Bonchev–Trinajstić information content (AvgIpc) is 2.51. The Balaban J connectivity index is 2.05. The highest BCUT2D eigenvalue weighted by molar-refractivity contribution is 7.86. The van der Waals surface area contributed by atoms with Crippen LogP contribution in [0.3, 0.4) is 0 Å². The second-order valence-electron chi connectivity index (χ2n) is 8.46. The average molecular weight is 381 g/mol. The summed E-state index contributed by atoms with van der Waals surface area (Å²) in [7, 11) is -3.95. The quantitative estimate of drug-likeness (QED) is 0.632. The third-order valence-electron chi connectivity index (χ3n) is 5.48. The number of benzene rings is 1. The molecule has 0 bridgehead atoms. The van der Waals surface area contributed by atoms with Gasteiger partial charge in [-0.05, 0) is 44.2 Å². The van der Waals surface area contributed by atoms with Gasteiger partial charge in [-0.1, -0.05) is 63.6 Å². The lowest BCUT2D eigenvalue weighted by atomic mass is 9.74. The van der Waals surface area contributed by atoms with Gasteiger partial charge >= 0.3 is 0 Å². The number of carbonyl (C=O) groups is 1. The van der Waals surface area contributed by atoms with Crippen LogP contribution >= 0.6 is 0 Å². The molecule has 0 aromatic heterocycles. The first-order valence-electron chi connectivity index (χ1n) is 9.53. The van der Waals surface area contributed by atoms with Gasteiger partial charge < -0.3 is 0 Å². The first-order chi connectivity index (χ1) is 12.0. The summed E-state index contributed by atoms with van der Waals surface area (Å²) in [6, 6.07) is 3.64. The Hall–Kier alpha value is -1.20. The molecule has 0 spiro atoms. The number of hydrogen-bond donors (Lipinski definition) is 0. The monoisotopic (exact) mass is 380 g/mol.